The van der Waals surface area contributed by atoms with Gasteiger partial charge in [-0.25, -0.2) is 0 Å². The van der Waals surface area contributed by atoms with Gasteiger partial charge in [0.2, 0.25) is 0 Å². The molecule has 1 saturated carbocycles. The summed E-state index contributed by atoms with van der Waals surface area (Å²) in [6.45, 7) is 7.00. The zero-order chi connectivity index (χ0) is 12.4. The summed E-state index contributed by atoms with van der Waals surface area (Å²) in [6, 6.07) is 0. The Balaban J connectivity index is 1.85. The molecular weight excluding hydrogens is 302 g/mol. The number of nitrogens with one attached hydrogen (secondary N) is 1. The summed E-state index contributed by atoms with van der Waals surface area (Å²) in [7, 11) is 0. The minimum Gasteiger partial charge on any atom is -0.311 e. The van der Waals surface area contributed by atoms with Crippen molar-refractivity contribution in [3.8, 4) is 0 Å². The summed E-state index contributed by atoms with van der Waals surface area (Å²) >= 11 is 9.57. The van der Waals surface area contributed by atoms with E-state index < -0.39 is 0 Å². The first-order chi connectivity index (χ1) is 8.11. The Bertz CT molecular complexity index is 385. The van der Waals surface area contributed by atoms with Gasteiger partial charge < -0.3 is 5.32 Å². The summed E-state index contributed by atoms with van der Waals surface area (Å²) in [5.41, 5.74) is 2.31. The molecule has 1 fully saturated rings. The predicted octanol–water partition coefficient (Wildman–Crippen LogP) is 3.08. The molecule has 0 unspecified atom stereocenters. The van der Waals surface area contributed by atoms with Crippen LogP contribution in [0.4, 0.5) is 0 Å². The van der Waals surface area contributed by atoms with Crippen LogP contribution in [0.2, 0.25) is 0 Å². The molecule has 5 heteroatoms. The molecule has 1 aliphatic carbocycles. The van der Waals surface area contributed by atoms with Crippen LogP contribution in [0, 0.1) is 12.8 Å². The van der Waals surface area contributed by atoms with E-state index in [9.17, 15) is 0 Å². The van der Waals surface area contributed by atoms with E-state index in [1.807, 2.05) is 6.92 Å². The van der Waals surface area contributed by atoms with Crippen molar-refractivity contribution >= 4 is 27.5 Å². The molecule has 3 nitrogen and oxygen atoms in total. The Hall–Kier alpha value is -0.0600. The van der Waals surface area contributed by atoms with Crippen LogP contribution in [0.3, 0.4) is 0 Å². The lowest BCUT2D eigenvalue weighted by Gasteiger charge is -2.31. The first kappa shape index (κ1) is 13.4. The highest BCUT2D eigenvalue weighted by Gasteiger charge is 2.26. The van der Waals surface area contributed by atoms with E-state index in [-0.39, 0.29) is 0 Å². The zero-order valence-corrected chi connectivity index (χ0v) is 12.7. The number of hydrogen-bond donors (Lipinski definition) is 1. The van der Waals surface area contributed by atoms with Crippen molar-refractivity contribution in [1.82, 2.24) is 15.1 Å². The number of rotatable bonds is 5. The maximum absolute atomic E-state index is 5.97. The van der Waals surface area contributed by atoms with Crippen LogP contribution in [0.15, 0.2) is 4.47 Å². The number of nitrogens with zero attached hydrogens (tertiary/aromatic N) is 2. The third-order valence-electron chi connectivity index (χ3n) is 3.36. The van der Waals surface area contributed by atoms with Crippen molar-refractivity contribution in [1.29, 1.82) is 0 Å². The highest BCUT2D eigenvalue weighted by Crippen LogP contribution is 2.31. The maximum atomic E-state index is 5.97. The molecule has 0 amide bonds. The molecule has 0 atom stereocenters. The monoisotopic (exact) mass is 319 g/mol. The second-order valence-electron chi connectivity index (χ2n) is 4.73. The normalized spacial score (nSPS) is 23.8. The fourth-order valence-corrected chi connectivity index (χ4v) is 3.18. The number of aryl methyl sites for hydroxylation is 2. The van der Waals surface area contributed by atoms with Gasteiger partial charge in [0.05, 0.1) is 15.9 Å². The van der Waals surface area contributed by atoms with Crippen molar-refractivity contribution in [2.75, 3.05) is 6.54 Å². The van der Waals surface area contributed by atoms with Gasteiger partial charge in [0.25, 0.3) is 0 Å². The summed E-state index contributed by atoms with van der Waals surface area (Å²) in [5.74, 6) is 0.760. The molecule has 0 saturated heterocycles. The highest BCUT2D eigenvalue weighted by molar-refractivity contribution is 9.10. The lowest BCUT2D eigenvalue weighted by molar-refractivity contribution is 0.307. The molecule has 0 aromatic carbocycles. The van der Waals surface area contributed by atoms with Gasteiger partial charge in [-0.1, -0.05) is 0 Å². The average Bonchev–Trinajstić information content (AvgIpc) is 2.54. The minimum absolute atomic E-state index is 0.414. The van der Waals surface area contributed by atoms with Gasteiger partial charge in [-0.3, -0.25) is 4.68 Å². The fraction of sp³-hybridized carbons (Fsp3) is 0.750. The van der Waals surface area contributed by atoms with Crippen molar-refractivity contribution in [3.63, 3.8) is 0 Å². The van der Waals surface area contributed by atoms with Crippen molar-refractivity contribution in [3.05, 3.63) is 15.9 Å². The van der Waals surface area contributed by atoms with Gasteiger partial charge in [0.15, 0.2) is 0 Å². The lowest BCUT2D eigenvalue weighted by atomic mass is 9.85. The Labute approximate surface area is 116 Å². The minimum atomic E-state index is 0.414. The van der Waals surface area contributed by atoms with Crippen LogP contribution < -0.4 is 5.32 Å². The Kier molecular flexibility index (Phi) is 4.50. The largest absolute Gasteiger partial charge is 0.311 e. The third kappa shape index (κ3) is 3.04. The molecule has 1 N–H and O–H groups in total. The number of alkyl halides is 1. The Morgan fingerprint density at radius 1 is 1.53 bits per heavy atom. The van der Waals surface area contributed by atoms with Gasteiger partial charge in [-0.2, -0.15) is 5.10 Å². The summed E-state index contributed by atoms with van der Waals surface area (Å²) in [6.07, 6.45) is 2.31. The van der Waals surface area contributed by atoms with Crippen molar-refractivity contribution < 1.29 is 0 Å². The molecule has 96 valence electrons. The van der Waals surface area contributed by atoms with Crippen LogP contribution in [0.1, 0.15) is 31.2 Å². The topological polar surface area (TPSA) is 29.9 Å². The molecule has 2 rings (SSSR count). The van der Waals surface area contributed by atoms with Gasteiger partial charge in [-0.05, 0) is 55.1 Å². The van der Waals surface area contributed by atoms with E-state index in [0.717, 1.165) is 48.6 Å². The number of aromatic nitrogens is 2. The van der Waals surface area contributed by atoms with Gasteiger partial charge in [-0.15, -0.1) is 11.6 Å². The van der Waals surface area contributed by atoms with E-state index in [1.54, 1.807) is 0 Å². The number of halogens is 2. The van der Waals surface area contributed by atoms with Crippen molar-refractivity contribution in [2.45, 2.75) is 45.2 Å². The molecule has 1 aromatic heterocycles. The van der Waals surface area contributed by atoms with Crippen LogP contribution >= 0.6 is 27.5 Å². The molecule has 17 heavy (non-hydrogen) atoms. The molecule has 0 bridgehead atoms. The van der Waals surface area contributed by atoms with E-state index >= 15 is 0 Å². The second-order valence-corrected chi connectivity index (χ2v) is 6.14. The lowest BCUT2D eigenvalue weighted by Crippen LogP contribution is -2.33. The molecule has 1 aliphatic rings. The summed E-state index contributed by atoms with van der Waals surface area (Å²) in [4.78, 5) is 0. The summed E-state index contributed by atoms with van der Waals surface area (Å²) < 4.78 is 3.19. The SMILES string of the molecule is CCn1nc(C)c(Br)c1CNCC1CC(Cl)C1. The van der Waals surface area contributed by atoms with Crippen LogP contribution in [0.25, 0.3) is 0 Å². The molecule has 1 heterocycles. The van der Waals surface area contributed by atoms with Gasteiger partial charge in [0, 0.05) is 18.5 Å². The zero-order valence-electron chi connectivity index (χ0n) is 10.3. The second kappa shape index (κ2) is 5.72. The average molecular weight is 321 g/mol. The first-order valence-corrected chi connectivity index (χ1v) is 7.41. The van der Waals surface area contributed by atoms with Crippen LogP contribution in [-0.2, 0) is 13.1 Å². The Morgan fingerprint density at radius 2 is 2.24 bits per heavy atom. The predicted molar refractivity (Wildman–Crippen MR) is 74.4 cm³/mol. The van der Waals surface area contributed by atoms with Gasteiger partial charge >= 0.3 is 0 Å². The molecule has 0 radical (unpaired) electrons. The van der Waals surface area contributed by atoms with Crippen LogP contribution in [-0.4, -0.2) is 21.7 Å². The summed E-state index contributed by atoms with van der Waals surface area (Å²) in [5, 5.41) is 8.40. The van der Waals surface area contributed by atoms with Crippen LogP contribution in [0.5, 0.6) is 0 Å². The van der Waals surface area contributed by atoms with Gasteiger partial charge in [0.1, 0.15) is 0 Å². The van der Waals surface area contributed by atoms with Crippen molar-refractivity contribution in [2.24, 2.45) is 5.92 Å². The molecule has 1 aromatic rings. The quantitative estimate of drug-likeness (QED) is 0.845. The smallest absolute Gasteiger partial charge is 0.0739 e. The molecule has 0 spiro atoms. The standard InChI is InChI=1S/C12H19BrClN3/c1-3-17-11(12(13)8(2)16-17)7-15-6-9-4-10(14)5-9/h9-10,15H,3-7H2,1-2H3. The highest BCUT2D eigenvalue weighted by atomic mass is 79.9. The third-order valence-corrected chi connectivity index (χ3v) is 4.74. The fourth-order valence-electron chi connectivity index (χ4n) is 2.25. The Morgan fingerprint density at radius 3 is 2.82 bits per heavy atom. The van der Waals surface area contributed by atoms with E-state index in [1.165, 1.54) is 5.69 Å². The van der Waals surface area contributed by atoms with E-state index in [2.05, 4.69) is 38.0 Å². The number of hydrogen-bond acceptors (Lipinski definition) is 2. The molecular formula is C12H19BrClN3. The molecule has 0 aliphatic heterocycles. The first-order valence-electron chi connectivity index (χ1n) is 6.18. The van der Waals surface area contributed by atoms with E-state index in [0.29, 0.717) is 5.38 Å². The van der Waals surface area contributed by atoms with E-state index in [4.69, 9.17) is 11.6 Å². The maximum Gasteiger partial charge on any atom is 0.0739 e.